The van der Waals surface area contributed by atoms with E-state index in [9.17, 15) is 13.6 Å². The number of hydrogen-bond donors (Lipinski definition) is 1. The summed E-state index contributed by atoms with van der Waals surface area (Å²) in [6.07, 6.45) is 1.27. The summed E-state index contributed by atoms with van der Waals surface area (Å²) in [6.45, 7) is 1.93. The average Bonchev–Trinajstić information content (AvgIpc) is 2.88. The van der Waals surface area contributed by atoms with E-state index < -0.39 is 18.0 Å². The lowest BCUT2D eigenvalue weighted by atomic mass is 10.1. The zero-order chi connectivity index (χ0) is 15.4. The number of pyridine rings is 1. The Hall–Kier alpha value is -2.31. The summed E-state index contributed by atoms with van der Waals surface area (Å²) in [6, 6.07) is 4.52. The Kier molecular flexibility index (Phi) is 4.62. The summed E-state index contributed by atoms with van der Waals surface area (Å²) in [5, 5.41) is 6.45. The first-order chi connectivity index (χ1) is 10.0. The van der Waals surface area contributed by atoms with E-state index in [2.05, 4.69) is 15.4 Å². The first-order valence-electron chi connectivity index (χ1n) is 6.55. The Morgan fingerprint density at radius 1 is 1.38 bits per heavy atom. The minimum Gasteiger partial charge on any atom is -0.344 e. The van der Waals surface area contributed by atoms with E-state index in [0.29, 0.717) is 6.42 Å². The van der Waals surface area contributed by atoms with E-state index in [1.807, 2.05) is 19.1 Å². The Balaban J connectivity index is 2.17. The van der Waals surface area contributed by atoms with Gasteiger partial charge in [0.15, 0.2) is 0 Å². The molecule has 0 bridgehead atoms. The minimum absolute atomic E-state index is 0.109. The number of aryl methyl sites for hydroxylation is 1. The molecule has 112 valence electrons. The maximum atomic E-state index is 12.6. The van der Waals surface area contributed by atoms with E-state index in [-0.39, 0.29) is 11.7 Å². The maximum absolute atomic E-state index is 12.6. The van der Waals surface area contributed by atoms with Gasteiger partial charge in [-0.25, -0.2) is 8.78 Å². The van der Waals surface area contributed by atoms with E-state index >= 15 is 0 Å². The van der Waals surface area contributed by atoms with Crippen LogP contribution in [0.15, 0.2) is 30.6 Å². The average molecular weight is 294 g/mol. The number of halogens is 2. The van der Waals surface area contributed by atoms with Crippen molar-refractivity contribution >= 4 is 5.91 Å². The number of nitrogens with one attached hydrogen (secondary N) is 1. The predicted molar refractivity (Wildman–Crippen MR) is 72.9 cm³/mol. The second-order valence-corrected chi connectivity index (χ2v) is 4.59. The molecule has 5 nitrogen and oxygen atoms in total. The fraction of sp³-hybridized carbons (Fsp3) is 0.357. The van der Waals surface area contributed by atoms with Crippen molar-refractivity contribution in [2.75, 3.05) is 0 Å². The van der Waals surface area contributed by atoms with Crippen molar-refractivity contribution in [1.82, 2.24) is 20.1 Å². The van der Waals surface area contributed by atoms with Gasteiger partial charge in [-0.15, -0.1) is 0 Å². The molecule has 0 radical (unpaired) electrons. The topological polar surface area (TPSA) is 59.8 Å². The van der Waals surface area contributed by atoms with Gasteiger partial charge in [0.05, 0.1) is 6.04 Å². The molecule has 7 heteroatoms. The SMILES string of the molecule is CC[C@H](NC(=O)c1cc(C(F)F)nn1C)c1ccncc1. The number of carbonyl (C=O) groups is 1. The molecule has 0 aromatic carbocycles. The Morgan fingerprint density at radius 3 is 2.57 bits per heavy atom. The van der Waals surface area contributed by atoms with Gasteiger partial charge in [-0.1, -0.05) is 6.92 Å². The molecule has 0 spiro atoms. The van der Waals surface area contributed by atoms with Crippen LogP contribution in [0.2, 0.25) is 0 Å². The van der Waals surface area contributed by atoms with Gasteiger partial charge in [0.1, 0.15) is 11.4 Å². The zero-order valence-corrected chi connectivity index (χ0v) is 11.8. The highest BCUT2D eigenvalue weighted by Crippen LogP contribution is 2.19. The van der Waals surface area contributed by atoms with Gasteiger partial charge in [0.25, 0.3) is 12.3 Å². The zero-order valence-electron chi connectivity index (χ0n) is 11.8. The van der Waals surface area contributed by atoms with Crippen molar-refractivity contribution in [3.63, 3.8) is 0 Å². The second-order valence-electron chi connectivity index (χ2n) is 4.59. The summed E-state index contributed by atoms with van der Waals surface area (Å²) in [5.74, 6) is -0.430. The number of amides is 1. The number of hydrogen-bond acceptors (Lipinski definition) is 3. The van der Waals surface area contributed by atoms with E-state index in [1.54, 1.807) is 12.4 Å². The van der Waals surface area contributed by atoms with Crippen molar-refractivity contribution in [2.45, 2.75) is 25.8 Å². The standard InChI is InChI=1S/C14H16F2N4O/c1-3-10(9-4-6-17-7-5-9)18-14(21)12-8-11(13(15)16)19-20(12)2/h4-8,10,13H,3H2,1-2H3,(H,18,21)/t10-/m0/s1. The molecule has 21 heavy (non-hydrogen) atoms. The van der Waals surface area contributed by atoms with Gasteiger partial charge in [0, 0.05) is 19.4 Å². The third-order valence-corrected chi connectivity index (χ3v) is 3.18. The monoisotopic (exact) mass is 294 g/mol. The lowest BCUT2D eigenvalue weighted by Gasteiger charge is -2.17. The fourth-order valence-corrected chi connectivity index (χ4v) is 2.06. The summed E-state index contributed by atoms with van der Waals surface area (Å²) in [4.78, 5) is 16.1. The molecule has 2 rings (SSSR count). The van der Waals surface area contributed by atoms with Crippen LogP contribution in [0.5, 0.6) is 0 Å². The molecule has 0 aliphatic rings. The molecule has 0 aliphatic heterocycles. The molecule has 0 unspecified atom stereocenters. The van der Waals surface area contributed by atoms with Crippen molar-refractivity contribution in [3.8, 4) is 0 Å². The Morgan fingerprint density at radius 2 is 2.05 bits per heavy atom. The highest BCUT2D eigenvalue weighted by molar-refractivity contribution is 5.92. The molecular weight excluding hydrogens is 278 g/mol. The van der Waals surface area contributed by atoms with Gasteiger partial charge in [-0.05, 0) is 30.2 Å². The summed E-state index contributed by atoms with van der Waals surface area (Å²) >= 11 is 0. The van der Waals surface area contributed by atoms with Crippen LogP contribution in [0, 0.1) is 0 Å². The molecule has 2 aromatic rings. The second kappa shape index (κ2) is 6.43. The van der Waals surface area contributed by atoms with Gasteiger partial charge in [-0.2, -0.15) is 5.10 Å². The van der Waals surface area contributed by atoms with Crippen molar-refractivity contribution in [3.05, 3.63) is 47.5 Å². The van der Waals surface area contributed by atoms with Crippen LogP contribution >= 0.6 is 0 Å². The first-order valence-corrected chi connectivity index (χ1v) is 6.55. The molecule has 1 amide bonds. The van der Waals surface area contributed by atoms with E-state index in [4.69, 9.17) is 0 Å². The van der Waals surface area contributed by atoms with Crippen LogP contribution in [0.4, 0.5) is 8.78 Å². The third-order valence-electron chi connectivity index (χ3n) is 3.18. The maximum Gasteiger partial charge on any atom is 0.282 e. The van der Waals surface area contributed by atoms with E-state index in [1.165, 1.54) is 7.05 Å². The quantitative estimate of drug-likeness (QED) is 0.922. The molecule has 0 fully saturated rings. The van der Waals surface area contributed by atoms with Crippen molar-refractivity contribution in [1.29, 1.82) is 0 Å². The van der Waals surface area contributed by atoms with Crippen LogP contribution < -0.4 is 5.32 Å². The highest BCUT2D eigenvalue weighted by Gasteiger charge is 2.20. The molecule has 0 saturated heterocycles. The summed E-state index contributed by atoms with van der Waals surface area (Å²) in [5.41, 5.74) is 0.620. The van der Waals surface area contributed by atoms with Crippen LogP contribution in [0.25, 0.3) is 0 Å². The summed E-state index contributed by atoms with van der Waals surface area (Å²) in [7, 11) is 1.47. The van der Waals surface area contributed by atoms with E-state index in [0.717, 1.165) is 16.3 Å². The molecule has 2 heterocycles. The molecular formula is C14H16F2N4O. The number of nitrogens with zero attached hydrogens (tertiary/aromatic N) is 3. The van der Waals surface area contributed by atoms with Crippen LogP contribution in [-0.4, -0.2) is 20.7 Å². The largest absolute Gasteiger partial charge is 0.344 e. The Bertz CT molecular complexity index is 613. The molecule has 0 saturated carbocycles. The first kappa shape index (κ1) is 15.1. The van der Waals surface area contributed by atoms with Gasteiger partial charge in [-0.3, -0.25) is 14.5 Å². The molecule has 2 aromatic heterocycles. The number of alkyl halides is 2. The summed E-state index contributed by atoms with van der Waals surface area (Å²) < 4.78 is 26.4. The predicted octanol–water partition coefficient (Wildman–Crippen LogP) is 2.63. The van der Waals surface area contributed by atoms with Crippen molar-refractivity contribution in [2.24, 2.45) is 7.05 Å². The number of carbonyl (C=O) groups excluding carboxylic acids is 1. The minimum atomic E-state index is -2.69. The molecule has 1 atom stereocenters. The van der Waals surface area contributed by atoms with Gasteiger partial charge < -0.3 is 5.32 Å². The smallest absolute Gasteiger partial charge is 0.282 e. The third kappa shape index (κ3) is 3.42. The van der Waals surface area contributed by atoms with Crippen molar-refractivity contribution < 1.29 is 13.6 Å². The van der Waals surface area contributed by atoms with Crippen LogP contribution in [-0.2, 0) is 7.05 Å². The molecule has 0 aliphatic carbocycles. The lowest BCUT2D eigenvalue weighted by molar-refractivity contribution is 0.0926. The van der Waals surface area contributed by atoms with Crippen LogP contribution in [0.1, 0.15) is 47.6 Å². The van der Waals surface area contributed by atoms with Crippen LogP contribution in [0.3, 0.4) is 0 Å². The highest BCUT2D eigenvalue weighted by atomic mass is 19.3. The van der Waals surface area contributed by atoms with Gasteiger partial charge in [0.2, 0.25) is 0 Å². The molecule has 1 N–H and O–H groups in total. The lowest BCUT2D eigenvalue weighted by Crippen LogP contribution is -2.29. The Labute approximate surface area is 121 Å². The number of aromatic nitrogens is 3. The number of rotatable bonds is 5. The van der Waals surface area contributed by atoms with Gasteiger partial charge >= 0.3 is 0 Å². The normalized spacial score (nSPS) is 12.4. The fourth-order valence-electron chi connectivity index (χ4n) is 2.06.